The van der Waals surface area contributed by atoms with Crippen LogP contribution >= 0.6 is 34.8 Å². The van der Waals surface area contributed by atoms with Crippen molar-refractivity contribution in [3.63, 3.8) is 0 Å². The predicted octanol–water partition coefficient (Wildman–Crippen LogP) is 16.8. The number of unbranched alkanes of at least 4 members (excludes halogenated alkanes) is 24. The maximum absolute atomic E-state index is 12.8. The number of hydrogen-bond acceptors (Lipinski definition) is 9. The smallest absolute Gasteiger partial charge is 0.311 e. The molecule has 0 aliphatic rings. The van der Waals surface area contributed by atoms with Crippen molar-refractivity contribution in [3.8, 4) is 17.2 Å². The summed E-state index contributed by atoms with van der Waals surface area (Å²) in [6.45, 7) is 4.37. The second-order valence-corrected chi connectivity index (χ2v) is 18.3. The van der Waals surface area contributed by atoms with Gasteiger partial charge in [-0.2, -0.15) is 0 Å². The minimum absolute atomic E-state index is 0.0116. The van der Waals surface area contributed by atoms with Crippen LogP contribution in [-0.2, 0) is 33.4 Å². The zero-order valence-electron chi connectivity index (χ0n) is 39.2. The molecule has 0 saturated heterocycles. The Morgan fingerprint density at radius 3 is 1.28 bits per heavy atom. The maximum Gasteiger partial charge on any atom is 0.311 e. The zero-order valence-corrected chi connectivity index (χ0v) is 41.5. The molecule has 0 N–H and O–H groups in total. The molecule has 0 bridgehead atoms. The monoisotopic (exact) mass is 952 g/mol. The Bertz CT molecular complexity index is 1520. The average Bonchev–Trinajstić information content (AvgIpc) is 3.25. The van der Waals surface area contributed by atoms with E-state index in [0.717, 1.165) is 38.5 Å². The van der Waals surface area contributed by atoms with Gasteiger partial charge in [0.2, 0.25) is 0 Å². The quantitative estimate of drug-likeness (QED) is 0.0279. The van der Waals surface area contributed by atoms with E-state index in [1.54, 1.807) is 24.3 Å². The van der Waals surface area contributed by atoms with Crippen molar-refractivity contribution in [1.82, 2.24) is 0 Å². The predicted molar refractivity (Wildman–Crippen MR) is 260 cm³/mol. The van der Waals surface area contributed by atoms with Crippen molar-refractivity contribution < 1.29 is 42.9 Å². The number of carbonyl (C=O) groups is 4. The third kappa shape index (κ3) is 30.2. The standard InChI is InChI=1S/C52H79Cl3O9/c1-3-5-7-9-11-13-15-17-19-21-23-25-27-30-50(58)63-52(64-51(59)31-28-26-24-22-20-18-16-14-12-10-8-6-4-2)38-39-60-48(56)32-29-33-49(57)62-47-41-43(54)35-37-46(47)61-45-36-34-42(53)40-44(45)55/h34-37,40-41,52H,3-33,38-39H2,1-2H3. The van der Waals surface area contributed by atoms with Crippen LogP contribution in [0.25, 0.3) is 0 Å². The van der Waals surface area contributed by atoms with E-state index in [1.165, 1.54) is 128 Å². The third-order valence-electron chi connectivity index (χ3n) is 11.1. The van der Waals surface area contributed by atoms with Crippen molar-refractivity contribution in [3.05, 3.63) is 51.5 Å². The highest BCUT2D eigenvalue weighted by atomic mass is 35.5. The van der Waals surface area contributed by atoms with E-state index in [9.17, 15) is 19.2 Å². The SMILES string of the molecule is CCCCCCCCCCCCCCCC(=O)OC(CCOC(=O)CCCC(=O)Oc1cc(Cl)ccc1Oc1ccc(Cl)cc1Cl)OC(=O)CCCCCCCCCCCCCCC. The molecule has 0 aromatic heterocycles. The summed E-state index contributed by atoms with van der Waals surface area (Å²) in [5.74, 6) is -1.41. The molecule has 9 nitrogen and oxygen atoms in total. The summed E-state index contributed by atoms with van der Waals surface area (Å²) in [5, 5.41) is 1.04. The molecule has 0 aliphatic carbocycles. The molecule has 2 rings (SSSR count). The molecule has 0 amide bonds. The van der Waals surface area contributed by atoms with Crippen LogP contribution < -0.4 is 9.47 Å². The molecule has 0 radical (unpaired) electrons. The van der Waals surface area contributed by atoms with Crippen LogP contribution in [0.2, 0.25) is 15.1 Å². The van der Waals surface area contributed by atoms with Gasteiger partial charge < -0.3 is 23.7 Å². The summed E-state index contributed by atoms with van der Waals surface area (Å²) >= 11 is 18.4. The van der Waals surface area contributed by atoms with Gasteiger partial charge in [0.25, 0.3) is 6.29 Å². The molecule has 12 heteroatoms. The normalized spacial score (nSPS) is 11.2. The Kier molecular flexibility index (Phi) is 34.0. The van der Waals surface area contributed by atoms with E-state index < -0.39 is 30.2 Å². The highest BCUT2D eigenvalue weighted by Crippen LogP contribution is 2.38. The van der Waals surface area contributed by atoms with Crippen molar-refractivity contribution in [2.45, 2.75) is 226 Å². The molecule has 0 unspecified atom stereocenters. The number of ether oxygens (including phenoxy) is 5. The van der Waals surface area contributed by atoms with Gasteiger partial charge in [-0.15, -0.1) is 0 Å². The summed E-state index contributed by atoms with van der Waals surface area (Å²) in [7, 11) is 0. The zero-order chi connectivity index (χ0) is 46.5. The molecule has 0 saturated carbocycles. The molecule has 0 spiro atoms. The number of hydrogen-bond donors (Lipinski definition) is 0. The van der Waals surface area contributed by atoms with Gasteiger partial charge in [-0.05, 0) is 49.6 Å². The van der Waals surface area contributed by atoms with Gasteiger partial charge in [-0.3, -0.25) is 19.2 Å². The highest BCUT2D eigenvalue weighted by molar-refractivity contribution is 6.35. The Morgan fingerprint density at radius 2 is 0.828 bits per heavy atom. The largest absolute Gasteiger partial charge is 0.465 e. The number of esters is 4. The van der Waals surface area contributed by atoms with E-state index in [4.69, 9.17) is 58.5 Å². The fraction of sp³-hybridized carbons (Fsp3) is 0.692. The summed E-state index contributed by atoms with van der Waals surface area (Å²) in [5.41, 5.74) is 0. The topological polar surface area (TPSA) is 114 Å². The highest BCUT2D eigenvalue weighted by Gasteiger charge is 2.21. The molecule has 362 valence electrons. The van der Waals surface area contributed by atoms with Gasteiger partial charge in [0.15, 0.2) is 11.5 Å². The van der Waals surface area contributed by atoms with Crippen molar-refractivity contribution >= 4 is 58.7 Å². The molecule has 0 heterocycles. The molecular weight excluding hydrogens is 875 g/mol. The fourth-order valence-electron chi connectivity index (χ4n) is 7.34. The van der Waals surface area contributed by atoms with Gasteiger partial charge in [0.05, 0.1) is 18.1 Å². The molecular formula is C52H79Cl3O9. The Morgan fingerprint density at radius 1 is 0.438 bits per heavy atom. The lowest BCUT2D eigenvalue weighted by molar-refractivity contribution is -0.191. The van der Waals surface area contributed by atoms with Crippen LogP contribution in [-0.4, -0.2) is 36.8 Å². The van der Waals surface area contributed by atoms with E-state index in [1.807, 2.05) is 0 Å². The lowest BCUT2D eigenvalue weighted by atomic mass is 10.0. The summed E-state index contributed by atoms with van der Waals surface area (Å²) < 4.78 is 28.0. The number of rotatable bonds is 40. The maximum atomic E-state index is 12.8. The van der Waals surface area contributed by atoms with Crippen molar-refractivity contribution in [2.24, 2.45) is 0 Å². The minimum atomic E-state index is -1.15. The molecule has 2 aromatic carbocycles. The van der Waals surface area contributed by atoms with E-state index in [0.29, 0.717) is 28.6 Å². The van der Waals surface area contributed by atoms with Gasteiger partial charge >= 0.3 is 23.9 Å². The molecule has 0 atom stereocenters. The summed E-state index contributed by atoms with van der Waals surface area (Å²) in [6, 6.07) is 9.32. The van der Waals surface area contributed by atoms with Crippen LogP contribution in [0.1, 0.15) is 219 Å². The van der Waals surface area contributed by atoms with E-state index >= 15 is 0 Å². The van der Waals surface area contributed by atoms with Gasteiger partial charge in [-0.25, -0.2) is 0 Å². The van der Waals surface area contributed by atoms with Gasteiger partial charge in [0.1, 0.15) is 5.75 Å². The summed E-state index contributed by atoms with van der Waals surface area (Å²) in [6.07, 6.45) is 30.7. The first-order valence-electron chi connectivity index (χ1n) is 24.8. The lowest BCUT2D eigenvalue weighted by Crippen LogP contribution is -2.26. The average molecular weight is 955 g/mol. The Hall–Kier alpha value is -3.01. The van der Waals surface area contributed by atoms with Crippen LogP contribution in [0.15, 0.2) is 36.4 Å². The Balaban J connectivity index is 1.74. The van der Waals surface area contributed by atoms with Crippen LogP contribution in [0.3, 0.4) is 0 Å². The molecule has 0 aliphatic heterocycles. The third-order valence-corrected chi connectivity index (χ3v) is 11.9. The second kappa shape index (κ2) is 38.1. The van der Waals surface area contributed by atoms with Crippen LogP contribution in [0.5, 0.6) is 17.2 Å². The van der Waals surface area contributed by atoms with Gasteiger partial charge in [0, 0.05) is 41.8 Å². The van der Waals surface area contributed by atoms with E-state index in [-0.39, 0.29) is 61.7 Å². The molecule has 0 fully saturated rings. The van der Waals surface area contributed by atoms with Gasteiger partial charge in [-0.1, -0.05) is 203 Å². The Labute approximate surface area is 400 Å². The van der Waals surface area contributed by atoms with Crippen molar-refractivity contribution in [1.29, 1.82) is 0 Å². The number of halogens is 3. The minimum Gasteiger partial charge on any atom is -0.465 e. The fourth-order valence-corrected chi connectivity index (χ4v) is 7.95. The van der Waals surface area contributed by atoms with Crippen LogP contribution in [0.4, 0.5) is 0 Å². The van der Waals surface area contributed by atoms with E-state index in [2.05, 4.69) is 13.8 Å². The first kappa shape index (κ1) is 57.1. The van der Waals surface area contributed by atoms with Crippen LogP contribution in [0, 0.1) is 0 Å². The number of carbonyl (C=O) groups excluding carboxylic acids is 4. The second-order valence-electron chi connectivity index (χ2n) is 17.0. The molecule has 2 aromatic rings. The van der Waals surface area contributed by atoms with Crippen molar-refractivity contribution in [2.75, 3.05) is 6.61 Å². The first-order valence-corrected chi connectivity index (χ1v) is 25.9. The number of benzene rings is 2. The molecule has 64 heavy (non-hydrogen) atoms. The first-order chi connectivity index (χ1) is 31.1. The lowest BCUT2D eigenvalue weighted by Gasteiger charge is -2.18. The summed E-state index contributed by atoms with van der Waals surface area (Å²) in [4.78, 5) is 51.0.